The standard InChI is InChI=1S/C32H33F3N4O4S2/c1-3-36(4-2)21-13-11-19(12-14-21)24-25-26(29(42)39(28(25)41)22-10-8-9-20(17-22)32(33,34)35)44-30-27(24)45-31(43)38(30)18-23(40)37-15-6-5-7-16-37/h8-14,17,24-26H,3-7,15-16,18H2,1-2H3. The fourth-order valence-electron chi connectivity index (χ4n) is 6.55. The minimum absolute atomic E-state index is 0.147. The van der Waals surface area contributed by atoms with E-state index in [9.17, 15) is 32.3 Å². The number of anilines is 2. The molecular weight excluding hydrogens is 626 g/mol. The molecule has 13 heteroatoms. The number of carbonyl (C=O) groups excluding carboxylic acids is 3. The molecule has 0 aliphatic carbocycles. The molecule has 2 fully saturated rings. The van der Waals surface area contributed by atoms with Crippen molar-refractivity contribution in [2.45, 2.75) is 62.0 Å². The van der Waals surface area contributed by atoms with Gasteiger partial charge in [-0.3, -0.25) is 23.7 Å². The topological polar surface area (TPSA) is 82.9 Å². The fraction of sp³-hybridized carbons (Fsp3) is 0.438. The largest absolute Gasteiger partial charge is 0.416 e. The van der Waals surface area contributed by atoms with Crippen LogP contribution in [-0.2, 0) is 27.1 Å². The molecule has 2 aromatic carbocycles. The van der Waals surface area contributed by atoms with Gasteiger partial charge < -0.3 is 9.80 Å². The second-order valence-corrected chi connectivity index (χ2v) is 13.6. The van der Waals surface area contributed by atoms with Crippen molar-refractivity contribution in [3.05, 3.63) is 74.2 Å². The van der Waals surface area contributed by atoms with Gasteiger partial charge in [-0.15, -0.1) is 0 Å². The third-order valence-corrected chi connectivity index (χ3v) is 11.5. The number of hydrogen-bond acceptors (Lipinski definition) is 7. The normalized spacial score (nSPS) is 21.6. The number of fused-ring (bicyclic) bond motifs is 2. The Balaban J connectivity index is 1.43. The van der Waals surface area contributed by atoms with E-state index in [0.29, 0.717) is 28.6 Å². The van der Waals surface area contributed by atoms with Crippen LogP contribution in [0.15, 0.2) is 58.4 Å². The minimum atomic E-state index is -4.65. The maximum Gasteiger partial charge on any atom is 0.416 e. The van der Waals surface area contributed by atoms with Gasteiger partial charge in [0.2, 0.25) is 17.7 Å². The Bertz CT molecular complexity index is 1680. The van der Waals surface area contributed by atoms with Crippen LogP contribution in [0.1, 0.15) is 55.0 Å². The highest BCUT2D eigenvalue weighted by atomic mass is 32.2. The molecule has 1 aromatic heterocycles. The van der Waals surface area contributed by atoms with Crippen molar-refractivity contribution in [3.63, 3.8) is 0 Å². The van der Waals surface area contributed by atoms with Crippen LogP contribution in [0.5, 0.6) is 0 Å². The fourth-order valence-corrected chi connectivity index (χ4v) is 9.32. The lowest BCUT2D eigenvalue weighted by molar-refractivity contribution is -0.137. The Labute approximate surface area is 266 Å². The molecule has 3 aromatic rings. The highest BCUT2D eigenvalue weighted by Gasteiger charge is 2.57. The van der Waals surface area contributed by atoms with Gasteiger partial charge >= 0.3 is 11.0 Å². The number of carbonyl (C=O) groups is 3. The van der Waals surface area contributed by atoms with Gasteiger partial charge in [0.05, 0.1) is 22.2 Å². The maximum atomic E-state index is 14.1. The first-order valence-corrected chi connectivity index (χ1v) is 16.8. The van der Waals surface area contributed by atoms with Crippen molar-refractivity contribution in [1.29, 1.82) is 0 Å². The summed E-state index contributed by atoms with van der Waals surface area (Å²) in [6, 6.07) is 11.8. The van der Waals surface area contributed by atoms with Crippen molar-refractivity contribution < 1.29 is 27.6 Å². The molecule has 3 aliphatic heterocycles. The zero-order chi connectivity index (χ0) is 32.0. The van der Waals surface area contributed by atoms with E-state index in [1.54, 1.807) is 4.90 Å². The quantitative estimate of drug-likeness (QED) is 0.309. The Kier molecular flexibility index (Phi) is 8.59. The Morgan fingerprint density at radius 1 is 0.956 bits per heavy atom. The van der Waals surface area contributed by atoms with E-state index in [-0.39, 0.29) is 23.0 Å². The molecule has 4 heterocycles. The van der Waals surface area contributed by atoms with Crippen LogP contribution >= 0.6 is 23.1 Å². The highest BCUT2D eigenvalue weighted by Crippen LogP contribution is 2.54. The van der Waals surface area contributed by atoms with Gasteiger partial charge in [-0.2, -0.15) is 13.2 Å². The number of aromatic nitrogens is 1. The summed E-state index contributed by atoms with van der Waals surface area (Å²) in [5.74, 6) is -3.09. The van der Waals surface area contributed by atoms with Crippen LogP contribution in [0.3, 0.4) is 0 Å². The van der Waals surface area contributed by atoms with Crippen molar-refractivity contribution in [2.75, 3.05) is 36.0 Å². The predicted molar refractivity (Wildman–Crippen MR) is 168 cm³/mol. The van der Waals surface area contributed by atoms with Crippen molar-refractivity contribution in [2.24, 2.45) is 5.92 Å². The maximum absolute atomic E-state index is 14.1. The van der Waals surface area contributed by atoms with E-state index < -0.39 is 40.6 Å². The van der Waals surface area contributed by atoms with Crippen molar-refractivity contribution in [3.8, 4) is 0 Å². The number of thioether (sulfide) groups is 1. The van der Waals surface area contributed by atoms with E-state index in [1.165, 1.54) is 16.7 Å². The number of halogens is 3. The summed E-state index contributed by atoms with van der Waals surface area (Å²) in [5.41, 5.74) is 0.579. The van der Waals surface area contributed by atoms with E-state index >= 15 is 0 Å². The summed E-state index contributed by atoms with van der Waals surface area (Å²) in [6.07, 6.45) is -1.81. The SMILES string of the molecule is CCN(CC)c1ccc(C2c3sc(=O)n(CC(=O)N4CCCCC4)c3SC3C(=O)N(c4cccc(C(F)(F)F)c4)C(=O)C32)cc1. The van der Waals surface area contributed by atoms with Gasteiger partial charge in [-0.25, -0.2) is 4.90 Å². The highest BCUT2D eigenvalue weighted by molar-refractivity contribution is 8.00. The molecule has 6 rings (SSSR count). The van der Waals surface area contributed by atoms with E-state index in [0.717, 1.165) is 78.2 Å². The lowest BCUT2D eigenvalue weighted by Gasteiger charge is -2.31. The molecule has 0 spiro atoms. The first-order chi connectivity index (χ1) is 21.5. The van der Waals surface area contributed by atoms with Gasteiger partial charge in [0, 0.05) is 42.7 Å². The molecule has 3 amide bonds. The molecule has 3 aliphatic rings. The average Bonchev–Trinajstić information content (AvgIpc) is 3.48. The predicted octanol–water partition coefficient (Wildman–Crippen LogP) is 5.58. The molecule has 8 nitrogen and oxygen atoms in total. The van der Waals surface area contributed by atoms with Crippen molar-refractivity contribution >= 4 is 52.2 Å². The number of amides is 3. The summed E-state index contributed by atoms with van der Waals surface area (Å²) < 4.78 is 42.1. The number of nitrogens with zero attached hydrogens (tertiary/aromatic N) is 4. The van der Waals surface area contributed by atoms with Crippen LogP contribution in [0.25, 0.3) is 0 Å². The number of benzene rings is 2. The number of alkyl halides is 3. The number of likely N-dealkylation sites (tertiary alicyclic amines) is 1. The van der Waals surface area contributed by atoms with Gasteiger partial charge in [-0.05, 0) is 69.0 Å². The third-order valence-electron chi connectivity index (χ3n) is 8.86. The molecule has 45 heavy (non-hydrogen) atoms. The van der Waals surface area contributed by atoms with Crippen LogP contribution in [-0.4, -0.2) is 58.6 Å². The molecule has 3 atom stereocenters. The Hall–Kier alpha value is -3.58. The average molecular weight is 659 g/mol. The third kappa shape index (κ3) is 5.69. The summed E-state index contributed by atoms with van der Waals surface area (Å²) in [5, 5.41) is -0.529. The van der Waals surface area contributed by atoms with E-state index in [2.05, 4.69) is 4.90 Å². The van der Waals surface area contributed by atoms with Gasteiger partial charge in [0.1, 0.15) is 11.8 Å². The second kappa shape index (κ2) is 12.3. The second-order valence-electron chi connectivity index (χ2n) is 11.4. The molecular formula is C32H33F3N4O4S2. The monoisotopic (exact) mass is 658 g/mol. The van der Waals surface area contributed by atoms with Gasteiger partial charge in [0.25, 0.3) is 0 Å². The minimum Gasteiger partial charge on any atom is -0.372 e. The van der Waals surface area contributed by atoms with Crippen LogP contribution in [0, 0.1) is 5.92 Å². The summed E-state index contributed by atoms with van der Waals surface area (Å²) in [4.78, 5) is 59.7. The zero-order valence-electron chi connectivity index (χ0n) is 24.9. The zero-order valence-corrected chi connectivity index (χ0v) is 26.5. The molecule has 0 N–H and O–H groups in total. The van der Waals surface area contributed by atoms with Crippen LogP contribution < -0.4 is 14.7 Å². The first-order valence-electron chi connectivity index (χ1n) is 15.1. The number of thiazole rings is 1. The number of rotatable bonds is 7. The molecule has 0 radical (unpaired) electrons. The summed E-state index contributed by atoms with van der Waals surface area (Å²) >= 11 is 2.02. The smallest absolute Gasteiger partial charge is 0.372 e. The Morgan fingerprint density at radius 3 is 2.29 bits per heavy atom. The number of imide groups is 1. The van der Waals surface area contributed by atoms with Crippen LogP contribution in [0.4, 0.5) is 24.5 Å². The molecule has 238 valence electrons. The molecule has 3 unspecified atom stereocenters. The summed E-state index contributed by atoms with van der Waals surface area (Å²) in [6.45, 7) is 6.74. The number of hydrogen-bond donors (Lipinski definition) is 0. The lowest BCUT2D eigenvalue weighted by atomic mass is 9.83. The summed E-state index contributed by atoms with van der Waals surface area (Å²) in [7, 11) is 0. The van der Waals surface area contributed by atoms with E-state index in [1.807, 2.05) is 38.1 Å². The first kappa shape index (κ1) is 31.4. The molecule has 2 saturated heterocycles. The van der Waals surface area contributed by atoms with Gasteiger partial charge in [0.15, 0.2) is 0 Å². The molecule has 0 bridgehead atoms. The van der Waals surface area contributed by atoms with E-state index in [4.69, 9.17) is 0 Å². The van der Waals surface area contributed by atoms with Crippen molar-refractivity contribution in [1.82, 2.24) is 9.47 Å². The Morgan fingerprint density at radius 2 is 1.64 bits per heavy atom. The number of piperidine rings is 1. The lowest BCUT2D eigenvalue weighted by Crippen LogP contribution is -2.39. The molecule has 0 saturated carbocycles. The van der Waals surface area contributed by atoms with Gasteiger partial charge in [-0.1, -0.05) is 41.3 Å². The van der Waals surface area contributed by atoms with Crippen LogP contribution in [0.2, 0.25) is 0 Å².